The normalized spacial score (nSPS) is 27.6. The Balaban J connectivity index is 2.55. The number of rotatable bonds is 3. The van der Waals surface area contributed by atoms with Crippen LogP contribution in [0.25, 0.3) is 0 Å². The first-order valence-electron chi connectivity index (χ1n) is 5.49. The van der Waals surface area contributed by atoms with Gasteiger partial charge in [0.25, 0.3) is 0 Å². The monoisotopic (exact) mass is 239 g/mol. The van der Waals surface area contributed by atoms with Crippen molar-refractivity contribution in [2.24, 2.45) is 12.8 Å². The Labute approximate surface area is 99.4 Å². The molecule has 0 radical (unpaired) electrons. The lowest BCUT2D eigenvalue weighted by Gasteiger charge is -2.42. The number of aryl methyl sites for hydroxylation is 2. The van der Waals surface area contributed by atoms with Crippen LogP contribution in [0.15, 0.2) is 0 Å². The maximum Gasteiger partial charge on any atom is 0.314 e. The maximum atomic E-state index is 11.5. The Hall–Kier alpha value is -1.56. The molecule has 0 saturated heterocycles. The van der Waals surface area contributed by atoms with E-state index in [1.54, 1.807) is 18.7 Å². The number of methoxy groups -OCH3 is 1. The number of carbonyl (C=O) groups is 1. The lowest BCUT2D eigenvalue weighted by atomic mass is 9.61. The SMILES string of the molecule is COc1c(C2(C(=O)O)CC(N)C2)c(C)nn1C. The first kappa shape index (κ1) is 11.9. The van der Waals surface area contributed by atoms with Crippen molar-refractivity contribution in [3.8, 4) is 5.88 Å². The van der Waals surface area contributed by atoms with Gasteiger partial charge >= 0.3 is 5.97 Å². The first-order valence-corrected chi connectivity index (χ1v) is 5.49. The van der Waals surface area contributed by atoms with E-state index in [9.17, 15) is 9.90 Å². The summed E-state index contributed by atoms with van der Waals surface area (Å²) in [5.41, 5.74) is 6.18. The molecular formula is C11H17N3O3. The van der Waals surface area contributed by atoms with Crippen molar-refractivity contribution in [3.05, 3.63) is 11.3 Å². The van der Waals surface area contributed by atoms with Gasteiger partial charge in [0.05, 0.1) is 18.4 Å². The zero-order chi connectivity index (χ0) is 12.8. The standard InChI is InChI=1S/C11H17N3O3/c1-6-8(9(17-3)14(2)13-6)11(10(15)16)4-7(12)5-11/h7H,4-5,12H2,1-3H3,(H,15,16). The van der Waals surface area contributed by atoms with E-state index < -0.39 is 11.4 Å². The Morgan fingerprint density at radius 2 is 2.24 bits per heavy atom. The minimum Gasteiger partial charge on any atom is -0.481 e. The fourth-order valence-electron chi connectivity index (χ4n) is 2.74. The highest BCUT2D eigenvalue weighted by molar-refractivity contribution is 5.84. The highest BCUT2D eigenvalue weighted by atomic mass is 16.5. The number of hydrogen-bond donors (Lipinski definition) is 2. The molecule has 0 unspecified atom stereocenters. The largest absolute Gasteiger partial charge is 0.481 e. The summed E-state index contributed by atoms with van der Waals surface area (Å²) >= 11 is 0. The lowest BCUT2D eigenvalue weighted by Crippen LogP contribution is -2.54. The molecule has 1 heterocycles. The minimum absolute atomic E-state index is 0.0598. The number of carboxylic acids is 1. The Kier molecular flexibility index (Phi) is 2.61. The zero-order valence-corrected chi connectivity index (χ0v) is 10.2. The summed E-state index contributed by atoms with van der Waals surface area (Å²) in [7, 11) is 3.26. The molecule has 2 rings (SSSR count). The lowest BCUT2D eigenvalue weighted by molar-refractivity contribution is -0.148. The summed E-state index contributed by atoms with van der Waals surface area (Å²) in [6, 6.07) is -0.0598. The van der Waals surface area contributed by atoms with Crippen LogP contribution in [-0.2, 0) is 17.3 Å². The average Bonchev–Trinajstić information content (AvgIpc) is 2.47. The molecule has 1 aliphatic carbocycles. The van der Waals surface area contributed by atoms with Crippen LogP contribution in [0.4, 0.5) is 0 Å². The van der Waals surface area contributed by atoms with E-state index in [1.165, 1.54) is 7.11 Å². The van der Waals surface area contributed by atoms with E-state index in [2.05, 4.69) is 5.10 Å². The summed E-state index contributed by atoms with van der Waals surface area (Å²) in [4.78, 5) is 11.5. The fourth-order valence-corrected chi connectivity index (χ4v) is 2.74. The Bertz CT molecular complexity index is 461. The number of aromatic nitrogens is 2. The highest BCUT2D eigenvalue weighted by Gasteiger charge is 2.54. The summed E-state index contributed by atoms with van der Waals surface area (Å²) < 4.78 is 6.83. The number of aliphatic carboxylic acids is 1. The van der Waals surface area contributed by atoms with Gasteiger partial charge in [0.1, 0.15) is 5.41 Å². The van der Waals surface area contributed by atoms with Gasteiger partial charge in [-0.3, -0.25) is 4.79 Å². The number of hydrogen-bond acceptors (Lipinski definition) is 4. The minimum atomic E-state index is -0.927. The van der Waals surface area contributed by atoms with Gasteiger partial charge in [-0.1, -0.05) is 0 Å². The summed E-state index contributed by atoms with van der Waals surface area (Å²) in [5.74, 6) is -0.342. The van der Waals surface area contributed by atoms with Crippen molar-refractivity contribution >= 4 is 5.97 Å². The van der Waals surface area contributed by atoms with Crippen LogP contribution in [0.2, 0.25) is 0 Å². The molecule has 94 valence electrons. The summed E-state index contributed by atoms with van der Waals surface area (Å²) in [6.45, 7) is 1.80. The molecule has 6 heteroatoms. The highest BCUT2D eigenvalue weighted by Crippen LogP contribution is 2.48. The number of carboxylic acid groups (broad SMARTS) is 1. The van der Waals surface area contributed by atoms with Gasteiger partial charge in [-0.05, 0) is 19.8 Å². The predicted molar refractivity (Wildman–Crippen MR) is 61.0 cm³/mol. The summed E-state index contributed by atoms with van der Waals surface area (Å²) in [5, 5.41) is 13.7. The van der Waals surface area contributed by atoms with Crippen molar-refractivity contribution in [2.75, 3.05) is 7.11 Å². The molecule has 0 spiro atoms. The van der Waals surface area contributed by atoms with Crippen LogP contribution >= 0.6 is 0 Å². The predicted octanol–water partition coefficient (Wildman–Crippen LogP) is 0.181. The van der Waals surface area contributed by atoms with Crippen LogP contribution in [0.3, 0.4) is 0 Å². The molecule has 1 aliphatic rings. The van der Waals surface area contributed by atoms with Crippen molar-refractivity contribution in [1.82, 2.24) is 9.78 Å². The van der Waals surface area contributed by atoms with Crippen molar-refractivity contribution in [3.63, 3.8) is 0 Å². The van der Waals surface area contributed by atoms with Gasteiger partial charge < -0.3 is 15.6 Å². The summed E-state index contributed by atoms with van der Waals surface area (Å²) in [6.07, 6.45) is 0.871. The van der Waals surface area contributed by atoms with E-state index in [-0.39, 0.29) is 6.04 Å². The van der Waals surface area contributed by atoms with Gasteiger partial charge in [0.15, 0.2) is 0 Å². The molecule has 1 saturated carbocycles. The van der Waals surface area contributed by atoms with Gasteiger partial charge in [-0.2, -0.15) is 5.10 Å². The molecule has 1 aromatic rings. The molecule has 1 aromatic heterocycles. The van der Waals surface area contributed by atoms with Gasteiger partial charge in [0.2, 0.25) is 5.88 Å². The molecule has 17 heavy (non-hydrogen) atoms. The second-order valence-corrected chi connectivity index (χ2v) is 4.65. The van der Waals surface area contributed by atoms with Crippen LogP contribution in [0, 0.1) is 6.92 Å². The van der Waals surface area contributed by atoms with Gasteiger partial charge in [0, 0.05) is 13.1 Å². The van der Waals surface area contributed by atoms with Gasteiger partial charge in [-0.25, -0.2) is 4.68 Å². The maximum absolute atomic E-state index is 11.5. The molecule has 0 bridgehead atoms. The Morgan fingerprint density at radius 1 is 1.65 bits per heavy atom. The van der Waals surface area contributed by atoms with Crippen LogP contribution in [0.1, 0.15) is 24.1 Å². The first-order chi connectivity index (χ1) is 7.92. The van der Waals surface area contributed by atoms with Crippen molar-refractivity contribution < 1.29 is 14.6 Å². The molecule has 0 amide bonds. The third-order valence-corrected chi connectivity index (χ3v) is 3.47. The van der Waals surface area contributed by atoms with Gasteiger partial charge in [-0.15, -0.1) is 0 Å². The van der Waals surface area contributed by atoms with E-state index in [0.29, 0.717) is 30.0 Å². The van der Waals surface area contributed by atoms with Crippen molar-refractivity contribution in [1.29, 1.82) is 0 Å². The van der Waals surface area contributed by atoms with E-state index in [0.717, 1.165) is 0 Å². The zero-order valence-electron chi connectivity index (χ0n) is 10.2. The number of ether oxygens (including phenoxy) is 1. The second-order valence-electron chi connectivity index (χ2n) is 4.65. The van der Waals surface area contributed by atoms with Crippen molar-refractivity contribution in [2.45, 2.75) is 31.2 Å². The molecule has 1 fully saturated rings. The van der Waals surface area contributed by atoms with Crippen LogP contribution < -0.4 is 10.5 Å². The van der Waals surface area contributed by atoms with E-state index >= 15 is 0 Å². The average molecular weight is 239 g/mol. The third-order valence-electron chi connectivity index (χ3n) is 3.47. The Morgan fingerprint density at radius 3 is 2.65 bits per heavy atom. The quantitative estimate of drug-likeness (QED) is 0.785. The molecule has 0 atom stereocenters. The number of nitrogens with two attached hydrogens (primary N) is 1. The second kappa shape index (κ2) is 3.73. The van der Waals surface area contributed by atoms with E-state index in [4.69, 9.17) is 10.5 Å². The smallest absolute Gasteiger partial charge is 0.314 e. The molecule has 0 aliphatic heterocycles. The molecular weight excluding hydrogens is 222 g/mol. The number of nitrogens with zero attached hydrogens (tertiary/aromatic N) is 2. The fraction of sp³-hybridized carbons (Fsp3) is 0.636. The third kappa shape index (κ3) is 1.51. The van der Waals surface area contributed by atoms with E-state index in [1.807, 2.05) is 0 Å². The molecule has 6 nitrogen and oxygen atoms in total. The van der Waals surface area contributed by atoms with Crippen LogP contribution in [-0.4, -0.2) is 34.0 Å². The molecule has 0 aromatic carbocycles. The van der Waals surface area contributed by atoms with Crippen LogP contribution in [0.5, 0.6) is 5.88 Å². The molecule has 3 N–H and O–H groups in total. The topological polar surface area (TPSA) is 90.4 Å².